The van der Waals surface area contributed by atoms with Gasteiger partial charge >= 0.3 is 0 Å². The molecule has 1 nitrogen and oxygen atoms in total. The topological polar surface area (TPSA) is 3.24 Å². The van der Waals surface area contributed by atoms with E-state index >= 15 is 0 Å². The first-order valence-corrected chi connectivity index (χ1v) is 8.62. The first-order valence-electron chi connectivity index (χ1n) is 8.62. The van der Waals surface area contributed by atoms with Crippen molar-refractivity contribution in [2.24, 2.45) is 11.3 Å². The van der Waals surface area contributed by atoms with E-state index < -0.39 is 0 Å². The van der Waals surface area contributed by atoms with Gasteiger partial charge in [0.05, 0.1) is 0 Å². The van der Waals surface area contributed by atoms with Gasteiger partial charge < -0.3 is 4.90 Å². The highest BCUT2D eigenvalue weighted by Gasteiger charge is 2.25. The lowest BCUT2D eigenvalue weighted by Gasteiger charge is -2.35. The summed E-state index contributed by atoms with van der Waals surface area (Å²) in [7, 11) is 2.30. The van der Waals surface area contributed by atoms with E-state index in [-0.39, 0.29) is 0 Å². The van der Waals surface area contributed by atoms with E-state index in [9.17, 15) is 0 Å². The van der Waals surface area contributed by atoms with Crippen LogP contribution in [0.5, 0.6) is 0 Å². The summed E-state index contributed by atoms with van der Waals surface area (Å²) < 4.78 is 0. The van der Waals surface area contributed by atoms with Crippen molar-refractivity contribution in [3.05, 3.63) is 0 Å². The van der Waals surface area contributed by atoms with Gasteiger partial charge in [0.2, 0.25) is 0 Å². The minimum atomic E-state index is 0.535. The highest BCUT2D eigenvalue weighted by atomic mass is 15.1. The van der Waals surface area contributed by atoms with Crippen LogP contribution in [0.15, 0.2) is 0 Å². The van der Waals surface area contributed by atoms with Crippen LogP contribution >= 0.6 is 0 Å². The Morgan fingerprint density at radius 2 is 1.47 bits per heavy atom. The molecule has 0 saturated heterocycles. The molecule has 1 unspecified atom stereocenters. The Hall–Kier alpha value is -0.0400. The fourth-order valence-corrected chi connectivity index (χ4v) is 3.20. The fraction of sp³-hybridized carbons (Fsp3) is 1.00. The minimum absolute atomic E-state index is 0.535. The SMILES string of the molecule is CCCCCCC(C)(CCCC)CN(C)CC(C)C. The summed E-state index contributed by atoms with van der Waals surface area (Å²) in [4.78, 5) is 2.56. The van der Waals surface area contributed by atoms with Crippen molar-refractivity contribution in [3.63, 3.8) is 0 Å². The Bertz CT molecular complexity index is 200. The molecule has 0 heterocycles. The molecule has 0 aliphatic carbocycles. The van der Waals surface area contributed by atoms with Crippen LogP contribution in [0.4, 0.5) is 0 Å². The lowest BCUT2D eigenvalue weighted by atomic mass is 9.79. The summed E-state index contributed by atoms with van der Waals surface area (Å²) in [6.45, 7) is 14.3. The van der Waals surface area contributed by atoms with Gasteiger partial charge in [0.1, 0.15) is 0 Å². The van der Waals surface area contributed by atoms with Crippen molar-refractivity contribution in [2.75, 3.05) is 20.1 Å². The van der Waals surface area contributed by atoms with E-state index in [1.807, 2.05) is 0 Å². The molecule has 0 bridgehead atoms. The second-order valence-electron chi connectivity index (χ2n) is 7.32. The Labute approximate surface area is 123 Å². The first-order chi connectivity index (χ1) is 8.93. The van der Waals surface area contributed by atoms with Gasteiger partial charge in [-0.15, -0.1) is 0 Å². The van der Waals surface area contributed by atoms with Gasteiger partial charge in [0.25, 0.3) is 0 Å². The molecule has 0 N–H and O–H groups in total. The molecule has 1 atom stereocenters. The average Bonchev–Trinajstić information content (AvgIpc) is 2.31. The minimum Gasteiger partial charge on any atom is -0.306 e. The molecule has 1 heteroatoms. The molecule has 0 amide bonds. The zero-order valence-corrected chi connectivity index (χ0v) is 14.6. The van der Waals surface area contributed by atoms with Gasteiger partial charge in [-0.2, -0.15) is 0 Å². The Morgan fingerprint density at radius 1 is 0.895 bits per heavy atom. The van der Waals surface area contributed by atoms with E-state index in [0.29, 0.717) is 5.41 Å². The molecule has 0 rings (SSSR count). The van der Waals surface area contributed by atoms with Gasteiger partial charge in [-0.3, -0.25) is 0 Å². The van der Waals surface area contributed by atoms with E-state index in [2.05, 4.69) is 46.6 Å². The molecule has 0 radical (unpaired) electrons. The number of unbranched alkanes of at least 4 members (excludes halogenated alkanes) is 4. The molecule has 0 aromatic carbocycles. The predicted octanol–water partition coefficient (Wildman–Crippen LogP) is 5.74. The molecule has 116 valence electrons. The van der Waals surface area contributed by atoms with Crippen molar-refractivity contribution in [1.82, 2.24) is 4.90 Å². The maximum absolute atomic E-state index is 2.56. The van der Waals surface area contributed by atoms with Gasteiger partial charge in [-0.25, -0.2) is 0 Å². The molecular formula is C18H39N. The van der Waals surface area contributed by atoms with E-state index in [4.69, 9.17) is 0 Å². The van der Waals surface area contributed by atoms with Crippen molar-refractivity contribution in [2.45, 2.75) is 86.0 Å². The Balaban J connectivity index is 4.23. The van der Waals surface area contributed by atoms with Crippen molar-refractivity contribution in [3.8, 4) is 0 Å². The normalized spacial score (nSPS) is 15.2. The van der Waals surface area contributed by atoms with Gasteiger partial charge in [-0.05, 0) is 31.2 Å². The van der Waals surface area contributed by atoms with Crippen LogP contribution in [0.2, 0.25) is 0 Å². The van der Waals surface area contributed by atoms with E-state index in [1.165, 1.54) is 64.5 Å². The van der Waals surface area contributed by atoms with E-state index in [0.717, 1.165) is 5.92 Å². The molecule has 19 heavy (non-hydrogen) atoms. The summed E-state index contributed by atoms with van der Waals surface area (Å²) in [5, 5.41) is 0. The smallest absolute Gasteiger partial charge is 0.00324 e. The lowest BCUT2D eigenvalue weighted by Crippen LogP contribution is -2.35. The summed E-state index contributed by atoms with van der Waals surface area (Å²) in [5.41, 5.74) is 0.535. The zero-order chi connectivity index (χ0) is 14.7. The lowest BCUT2D eigenvalue weighted by molar-refractivity contribution is 0.149. The van der Waals surface area contributed by atoms with Crippen molar-refractivity contribution < 1.29 is 0 Å². The van der Waals surface area contributed by atoms with Crippen LogP contribution in [0.25, 0.3) is 0 Å². The summed E-state index contributed by atoms with van der Waals surface area (Å²) >= 11 is 0. The summed E-state index contributed by atoms with van der Waals surface area (Å²) in [6, 6.07) is 0. The molecule has 0 fully saturated rings. The number of hydrogen-bond acceptors (Lipinski definition) is 1. The molecule has 0 aromatic heterocycles. The van der Waals surface area contributed by atoms with Crippen molar-refractivity contribution >= 4 is 0 Å². The van der Waals surface area contributed by atoms with Crippen LogP contribution in [0, 0.1) is 11.3 Å². The second kappa shape index (κ2) is 10.7. The largest absolute Gasteiger partial charge is 0.306 e. The quantitative estimate of drug-likeness (QED) is 0.408. The molecule has 0 aliphatic heterocycles. The van der Waals surface area contributed by atoms with E-state index in [1.54, 1.807) is 0 Å². The zero-order valence-electron chi connectivity index (χ0n) is 14.6. The molecule has 0 aliphatic rings. The number of rotatable bonds is 12. The second-order valence-corrected chi connectivity index (χ2v) is 7.32. The summed E-state index contributed by atoms with van der Waals surface area (Å²) in [6.07, 6.45) is 11.1. The standard InChI is InChI=1S/C18H39N/c1-7-9-11-12-14-18(5,13-10-8-2)16-19(6)15-17(3)4/h17H,7-16H2,1-6H3. The van der Waals surface area contributed by atoms with Crippen LogP contribution in [0.3, 0.4) is 0 Å². The third-order valence-electron chi connectivity index (χ3n) is 4.10. The summed E-state index contributed by atoms with van der Waals surface area (Å²) in [5.74, 6) is 0.778. The van der Waals surface area contributed by atoms with Crippen molar-refractivity contribution in [1.29, 1.82) is 0 Å². The van der Waals surface area contributed by atoms with Gasteiger partial charge in [-0.1, -0.05) is 73.1 Å². The highest BCUT2D eigenvalue weighted by Crippen LogP contribution is 2.32. The number of nitrogens with zero attached hydrogens (tertiary/aromatic N) is 1. The van der Waals surface area contributed by atoms with Crippen LogP contribution < -0.4 is 0 Å². The monoisotopic (exact) mass is 269 g/mol. The molecular weight excluding hydrogens is 230 g/mol. The third kappa shape index (κ3) is 10.4. The third-order valence-corrected chi connectivity index (χ3v) is 4.10. The van der Waals surface area contributed by atoms with Crippen LogP contribution in [-0.2, 0) is 0 Å². The maximum Gasteiger partial charge on any atom is 0.00324 e. The first kappa shape index (κ1) is 19.0. The van der Waals surface area contributed by atoms with Crippen LogP contribution in [0.1, 0.15) is 86.0 Å². The van der Waals surface area contributed by atoms with Gasteiger partial charge in [0.15, 0.2) is 0 Å². The number of hydrogen-bond donors (Lipinski definition) is 0. The maximum atomic E-state index is 2.56. The fourth-order valence-electron chi connectivity index (χ4n) is 3.20. The van der Waals surface area contributed by atoms with Gasteiger partial charge in [0, 0.05) is 13.1 Å². The molecule has 0 spiro atoms. The predicted molar refractivity (Wildman–Crippen MR) is 88.7 cm³/mol. The Morgan fingerprint density at radius 3 is 2.00 bits per heavy atom. The van der Waals surface area contributed by atoms with Crippen LogP contribution in [-0.4, -0.2) is 25.0 Å². The highest BCUT2D eigenvalue weighted by molar-refractivity contribution is 4.78. The molecule has 0 saturated carbocycles. The molecule has 0 aromatic rings. The average molecular weight is 270 g/mol. The Kier molecular flexibility index (Phi) is 10.7.